The number of carboxylic acid groups (broad SMARTS) is 1. The second-order valence-electron chi connectivity index (χ2n) is 6.06. The predicted octanol–water partition coefficient (Wildman–Crippen LogP) is 2.17. The average Bonchev–Trinajstić information content (AvgIpc) is 2.43. The number of benzene rings is 1. The fraction of sp³-hybridized carbons (Fsp3) is 0.500. The fourth-order valence-electron chi connectivity index (χ4n) is 3.17. The summed E-state index contributed by atoms with van der Waals surface area (Å²) in [5, 5.41) is 15.3. The summed E-state index contributed by atoms with van der Waals surface area (Å²) < 4.78 is 0. The molecule has 0 radical (unpaired) electrons. The smallest absolute Gasteiger partial charge is 0.305 e. The first kappa shape index (κ1) is 13.9. The molecular formula is C16H20N2O3. The SMILES string of the molecule is O=C(O)CC1(NC(=O)c2ccc3c(c2)CCCN3)CCC1. The molecule has 0 unspecified atom stereocenters. The van der Waals surface area contributed by atoms with E-state index in [4.69, 9.17) is 5.11 Å². The summed E-state index contributed by atoms with van der Waals surface area (Å²) in [6.07, 6.45) is 4.52. The lowest BCUT2D eigenvalue weighted by atomic mass is 9.74. The van der Waals surface area contributed by atoms with Gasteiger partial charge in [0.1, 0.15) is 0 Å². The van der Waals surface area contributed by atoms with Crippen LogP contribution in [0.1, 0.15) is 48.0 Å². The first-order valence-corrected chi connectivity index (χ1v) is 7.49. The Bertz CT molecular complexity index is 579. The summed E-state index contributed by atoms with van der Waals surface area (Å²) >= 11 is 0. The second kappa shape index (κ2) is 5.39. The molecule has 0 atom stereocenters. The number of amides is 1. The molecule has 2 aliphatic rings. The van der Waals surface area contributed by atoms with Crippen LogP contribution in [0.3, 0.4) is 0 Å². The Morgan fingerprint density at radius 3 is 2.76 bits per heavy atom. The number of aliphatic carboxylic acids is 1. The molecule has 5 nitrogen and oxygen atoms in total. The lowest BCUT2D eigenvalue weighted by Crippen LogP contribution is -2.54. The molecule has 1 heterocycles. The Labute approximate surface area is 123 Å². The Hall–Kier alpha value is -2.04. The van der Waals surface area contributed by atoms with Crippen molar-refractivity contribution in [3.05, 3.63) is 29.3 Å². The number of aryl methyl sites for hydroxylation is 1. The van der Waals surface area contributed by atoms with Gasteiger partial charge in [0.25, 0.3) is 5.91 Å². The van der Waals surface area contributed by atoms with Crippen molar-refractivity contribution in [2.45, 2.75) is 44.1 Å². The van der Waals surface area contributed by atoms with E-state index in [1.807, 2.05) is 12.1 Å². The zero-order chi connectivity index (χ0) is 14.9. The minimum atomic E-state index is -0.857. The van der Waals surface area contributed by atoms with Gasteiger partial charge < -0.3 is 15.7 Å². The van der Waals surface area contributed by atoms with E-state index in [1.54, 1.807) is 6.07 Å². The van der Waals surface area contributed by atoms with E-state index >= 15 is 0 Å². The highest BCUT2D eigenvalue weighted by Gasteiger charge is 2.40. The van der Waals surface area contributed by atoms with Crippen LogP contribution in [-0.2, 0) is 11.2 Å². The van der Waals surface area contributed by atoms with Crippen LogP contribution in [0.2, 0.25) is 0 Å². The van der Waals surface area contributed by atoms with Gasteiger partial charge in [-0.05, 0) is 55.9 Å². The van der Waals surface area contributed by atoms with Crippen molar-refractivity contribution in [3.8, 4) is 0 Å². The molecule has 1 aliphatic heterocycles. The summed E-state index contributed by atoms with van der Waals surface area (Å²) in [4.78, 5) is 23.4. The molecule has 3 rings (SSSR count). The van der Waals surface area contributed by atoms with Crippen molar-refractivity contribution in [1.82, 2.24) is 5.32 Å². The second-order valence-corrected chi connectivity index (χ2v) is 6.06. The van der Waals surface area contributed by atoms with Crippen LogP contribution >= 0.6 is 0 Å². The summed E-state index contributed by atoms with van der Waals surface area (Å²) in [5.74, 6) is -1.02. The van der Waals surface area contributed by atoms with Crippen LogP contribution < -0.4 is 10.6 Å². The monoisotopic (exact) mass is 288 g/mol. The Morgan fingerprint density at radius 1 is 1.29 bits per heavy atom. The van der Waals surface area contributed by atoms with Gasteiger partial charge in [-0.15, -0.1) is 0 Å². The summed E-state index contributed by atoms with van der Waals surface area (Å²) in [6, 6.07) is 5.66. The van der Waals surface area contributed by atoms with Crippen molar-refractivity contribution in [1.29, 1.82) is 0 Å². The molecule has 5 heteroatoms. The van der Waals surface area contributed by atoms with Crippen LogP contribution in [0.25, 0.3) is 0 Å². The first-order chi connectivity index (χ1) is 10.1. The maximum atomic E-state index is 12.4. The van der Waals surface area contributed by atoms with Crippen molar-refractivity contribution in [2.24, 2.45) is 0 Å². The Kier molecular flexibility index (Phi) is 3.57. The van der Waals surface area contributed by atoms with Gasteiger partial charge in [-0.3, -0.25) is 9.59 Å². The molecule has 1 aromatic carbocycles. The molecule has 0 spiro atoms. The van der Waals surface area contributed by atoms with Crippen LogP contribution in [-0.4, -0.2) is 29.1 Å². The zero-order valence-corrected chi connectivity index (χ0v) is 11.9. The van der Waals surface area contributed by atoms with Gasteiger partial charge in [0.2, 0.25) is 0 Å². The molecule has 1 fully saturated rings. The number of fused-ring (bicyclic) bond motifs is 1. The van der Waals surface area contributed by atoms with E-state index in [-0.39, 0.29) is 12.3 Å². The molecule has 3 N–H and O–H groups in total. The molecule has 0 saturated heterocycles. The van der Waals surface area contributed by atoms with Crippen molar-refractivity contribution in [2.75, 3.05) is 11.9 Å². The van der Waals surface area contributed by atoms with E-state index < -0.39 is 11.5 Å². The fourth-order valence-corrected chi connectivity index (χ4v) is 3.17. The third-order valence-electron chi connectivity index (χ3n) is 4.48. The largest absolute Gasteiger partial charge is 0.481 e. The number of hydrogen-bond donors (Lipinski definition) is 3. The molecule has 1 aromatic rings. The minimum absolute atomic E-state index is 0.00519. The highest BCUT2D eigenvalue weighted by molar-refractivity contribution is 5.95. The van der Waals surface area contributed by atoms with Gasteiger partial charge in [0, 0.05) is 17.8 Å². The van der Waals surface area contributed by atoms with E-state index in [2.05, 4.69) is 10.6 Å². The number of carbonyl (C=O) groups excluding carboxylic acids is 1. The highest BCUT2D eigenvalue weighted by atomic mass is 16.4. The lowest BCUT2D eigenvalue weighted by Gasteiger charge is -2.41. The summed E-state index contributed by atoms with van der Waals surface area (Å²) in [6.45, 7) is 0.972. The molecule has 1 aliphatic carbocycles. The maximum Gasteiger partial charge on any atom is 0.305 e. The molecule has 0 aromatic heterocycles. The van der Waals surface area contributed by atoms with E-state index in [9.17, 15) is 9.59 Å². The number of nitrogens with one attached hydrogen (secondary N) is 2. The van der Waals surface area contributed by atoms with Crippen molar-refractivity contribution >= 4 is 17.6 Å². The van der Waals surface area contributed by atoms with Crippen LogP contribution in [0.15, 0.2) is 18.2 Å². The van der Waals surface area contributed by atoms with E-state index in [0.29, 0.717) is 5.56 Å². The number of carboxylic acids is 1. The van der Waals surface area contributed by atoms with Gasteiger partial charge in [0.15, 0.2) is 0 Å². The zero-order valence-electron chi connectivity index (χ0n) is 11.9. The third-order valence-corrected chi connectivity index (χ3v) is 4.48. The quantitative estimate of drug-likeness (QED) is 0.793. The number of rotatable bonds is 4. The minimum Gasteiger partial charge on any atom is -0.481 e. The summed E-state index contributed by atoms with van der Waals surface area (Å²) in [5.41, 5.74) is 2.34. The van der Waals surface area contributed by atoms with Gasteiger partial charge >= 0.3 is 5.97 Å². The van der Waals surface area contributed by atoms with Gasteiger partial charge in [-0.1, -0.05) is 0 Å². The molecule has 1 saturated carbocycles. The molecule has 1 amide bonds. The molecule has 112 valence electrons. The number of anilines is 1. The maximum absolute atomic E-state index is 12.4. The van der Waals surface area contributed by atoms with Crippen molar-refractivity contribution in [3.63, 3.8) is 0 Å². The topological polar surface area (TPSA) is 78.4 Å². The van der Waals surface area contributed by atoms with Crippen LogP contribution in [0.5, 0.6) is 0 Å². The summed E-state index contributed by atoms with van der Waals surface area (Å²) in [7, 11) is 0. The number of hydrogen-bond acceptors (Lipinski definition) is 3. The Morgan fingerprint density at radius 2 is 2.10 bits per heavy atom. The number of carbonyl (C=O) groups is 2. The standard InChI is InChI=1S/C16H20N2O3/c19-14(20)10-16(6-2-7-16)18-15(21)12-4-5-13-11(9-12)3-1-8-17-13/h4-5,9,17H,1-3,6-8,10H2,(H,18,21)(H,19,20). The van der Waals surface area contributed by atoms with Gasteiger partial charge in [-0.25, -0.2) is 0 Å². The van der Waals surface area contributed by atoms with Gasteiger partial charge in [0.05, 0.1) is 12.0 Å². The van der Waals surface area contributed by atoms with Gasteiger partial charge in [-0.2, -0.15) is 0 Å². The van der Waals surface area contributed by atoms with Crippen LogP contribution in [0.4, 0.5) is 5.69 Å². The predicted molar refractivity (Wildman–Crippen MR) is 79.6 cm³/mol. The normalized spacial score (nSPS) is 18.9. The molecule has 21 heavy (non-hydrogen) atoms. The molecular weight excluding hydrogens is 268 g/mol. The Balaban J connectivity index is 1.74. The van der Waals surface area contributed by atoms with Crippen molar-refractivity contribution < 1.29 is 14.7 Å². The first-order valence-electron chi connectivity index (χ1n) is 7.49. The highest BCUT2D eigenvalue weighted by Crippen LogP contribution is 2.35. The third kappa shape index (κ3) is 2.86. The van der Waals surface area contributed by atoms with Crippen LogP contribution in [0, 0.1) is 0 Å². The lowest BCUT2D eigenvalue weighted by molar-refractivity contribution is -0.139. The average molecular weight is 288 g/mol. The van der Waals surface area contributed by atoms with E-state index in [0.717, 1.165) is 49.9 Å². The molecule has 0 bridgehead atoms. The van der Waals surface area contributed by atoms with E-state index in [1.165, 1.54) is 0 Å².